The molecule has 0 heterocycles. The summed E-state index contributed by atoms with van der Waals surface area (Å²) >= 11 is 0. The van der Waals surface area contributed by atoms with E-state index in [0.29, 0.717) is 19.4 Å². The topological polar surface area (TPSA) is 67.8 Å². The summed E-state index contributed by atoms with van der Waals surface area (Å²) in [5.41, 5.74) is 0.375. The molecule has 1 unspecified atom stereocenters. The number of hydrogen-bond donors (Lipinski definition) is 2. The van der Waals surface area contributed by atoms with Gasteiger partial charge in [-0.25, -0.2) is 9.18 Å². The van der Waals surface area contributed by atoms with Gasteiger partial charge in [0.1, 0.15) is 5.60 Å². The SMILES string of the molecule is C/C(F)=C\C=C(\CCCNC(=O)OC(C)(C)C)C(C)O[C@H](C)CO. The summed E-state index contributed by atoms with van der Waals surface area (Å²) in [6, 6.07) is 0. The van der Waals surface area contributed by atoms with Gasteiger partial charge >= 0.3 is 6.09 Å². The number of halogens is 1. The zero-order chi connectivity index (χ0) is 18.8. The van der Waals surface area contributed by atoms with Gasteiger partial charge in [-0.1, -0.05) is 6.08 Å². The Morgan fingerprint density at radius 1 is 1.29 bits per heavy atom. The standard InChI is InChI=1S/C18H32FNO4/c1-13(19)9-10-16(15(3)23-14(2)12-21)8-7-11-20-17(22)24-18(4,5)6/h9-10,14-15,21H,7-8,11-12H2,1-6H3,(H,20,22)/b13-9+,16-10-/t14-,15?/m1/s1. The van der Waals surface area contributed by atoms with Gasteiger partial charge in [0.15, 0.2) is 0 Å². The number of carbonyl (C=O) groups is 1. The van der Waals surface area contributed by atoms with E-state index in [1.165, 1.54) is 13.0 Å². The van der Waals surface area contributed by atoms with Crippen LogP contribution in [0.15, 0.2) is 23.6 Å². The quantitative estimate of drug-likeness (QED) is 0.492. The molecule has 0 radical (unpaired) electrons. The number of ether oxygens (including phenoxy) is 2. The Hall–Kier alpha value is -1.40. The molecule has 1 amide bonds. The van der Waals surface area contributed by atoms with Crippen LogP contribution in [0, 0.1) is 0 Å². The zero-order valence-corrected chi connectivity index (χ0v) is 15.7. The van der Waals surface area contributed by atoms with Crippen molar-refractivity contribution in [1.29, 1.82) is 0 Å². The molecule has 0 aliphatic heterocycles. The van der Waals surface area contributed by atoms with Crippen molar-refractivity contribution in [2.45, 2.75) is 72.2 Å². The third kappa shape index (κ3) is 12.1. The molecule has 0 fully saturated rings. The molecular formula is C18H32FNO4. The first-order valence-electron chi connectivity index (χ1n) is 8.31. The summed E-state index contributed by atoms with van der Waals surface area (Å²) in [5, 5.41) is 11.8. The monoisotopic (exact) mass is 345 g/mol. The van der Waals surface area contributed by atoms with E-state index in [1.807, 2.05) is 6.92 Å². The fourth-order valence-electron chi connectivity index (χ4n) is 1.92. The maximum Gasteiger partial charge on any atom is 0.407 e. The smallest absolute Gasteiger partial charge is 0.407 e. The van der Waals surface area contributed by atoms with Gasteiger partial charge in [-0.15, -0.1) is 0 Å². The van der Waals surface area contributed by atoms with Crippen LogP contribution in [-0.4, -0.2) is 42.2 Å². The number of carbonyl (C=O) groups excluding carboxylic acids is 1. The largest absolute Gasteiger partial charge is 0.444 e. The molecular weight excluding hydrogens is 313 g/mol. The number of aliphatic hydroxyl groups excluding tert-OH is 1. The highest BCUT2D eigenvalue weighted by molar-refractivity contribution is 5.67. The van der Waals surface area contributed by atoms with Crippen molar-refractivity contribution in [2.24, 2.45) is 0 Å². The van der Waals surface area contributed by atoms with Crippen LogP contribution in [-0.2, 0) is 9.47 Å². The molecule has 0 aromatic heterocycles. The number of allylic oxidation sites excluding steroid dienone is 3. The molecule has 140 valence electrons. The molecule has 0 aromatic rings. The van der Waals surface area contributed by atoms with E-state index < -0.39 is 11.7 Å². The molecule has 0 rings (SSSR count). The number of nitrogens with one attached hydrogen (secondary N) is 1. The Morgan fingerprint density at radius 2 is 1.92 bits per heavy atom. The highest BCUT2D eigenvalue weighted by Gasteiger charge is 2.16. The fourth-order valence-corrected chi connectivity index (χ4v) is 1.92. The number of hydrogen-bond acceptors (Lipinski definition) is 4. The van der Waals surface area contributed by atoms with E-state index in [1.54, 1.807) is 33.8 Å². The second-order valence-electron chi connectivity index (χ2n) is 6.80. The molecule has 0 aromatic carbocycles. The van der Waals surface area contributed by atoms with Gasteiger partial charge in [0.05, 0.1) is 24.6 Å². The summed E-state index contributed by atoms with van der Waals surface area (Å²) in [6.07, 6.45) is 3.40. The average Bonchev–Trinajstić information content (AvgIpc) is 2.43. The van der Waals surface area contributed by atoms with Crippen molar-refractivity contribution >= 4 is 6.09 Å². The molecule has 0 bridgehead atoms. The first-order valence-corrected chi connectivity index (χ1v) is 8.31. The van der Waals surface area contributed by atoms with Gasteiger partial charge in [-0.3, -0.25) is 0 Å². The first kappa shape index (κ1) is 22.6. The summed E-state index contributed by atoms with van der Waals surface area (Å²) in [4.78, 5) is 11.6. The van der Waals surface area contributed by atoms with Crippen LogP contribution < -0.4 is 5.32 Å². The Kier molecular flexibility index (Phi) is 10.6. The van der Waals surface area contributed by atoms with Gasteiger partial charge in [0.2, 0.25) is 0 Å². The van der Waals surface area contributed by atoms with Gasteiger partial charge < -0.3 is 19.9 Å². The molecule has 24 heavy (non-hydrogen) atoms. The lowest BCUT2D eigenvalue weighted by Crippen LogP contribution is -2.33. The Morgan fingerprint density at radius 3 is 2.42 bits per heavy atom. The molecule has 0 saturated carbocycles. The third-order valence-corrected chi connectivity index (χ3v) is 3.05. The van der Waals surface area contributed by atoms with E-state index in [4.69, 9.17) is 14.6 Å². The van der Waals surface area contributed by atoms with Crippen molar-refractivity contribution in [2.75, 3.05) is 13.2 Å². The number of alkyl carbamates (subject to hydrolysis) is 1. The second-order valence-corrected chi connectivity index (χ2v) is 6.80. The van der Waals surface area contributed by atoms with Gasteiger partial charge in [0, 0.05) is 6.54 Å². The zero-order valence-electron chi connectivity index (χ0n) is 15.7. The second kappa shape index (κ2) is 11.2. The summed E-state index contributed by atoms with van der Waals surface area (Å²) < 4.78 is 23.8. The summed E-state index contributed by atoms with van der Waals surface area (Å²) in [7, 11) is 0. The maximum absolute atomic E-state index is 13.0. The Labute approximate surface area is 144 Å². The molecule has 0 spiro atoms. The maximum atomic E-state index is 13.0. The van der Waals surface area contributed by atoms with Crippen molar-refractivity contribution in [3.05, 3.63) is 23.6 Å². The molecule has 2 N–H and O–H groups in total. The molecule has 5 nitrogen and oxygen atoms in total. The minimum absolute atomic E-state index is 0.0736. The molecule has 6 heteroatoms. The molecule has 0 aliphatic rings. The average molecular weight is 345 g/mol. The van der Waals surface area contributed by atoms with E-state index in [-0.39, 0.29) is 24.6 Å². The van der Waals surface area contributed by atoms with E-state index in [0.717, 1.165) is 5.57 Å². The lowest BCUT2D eigenvalue weighted by Gasteiger charge is -2.21. The highest BCUT2D eigenvalue weighted by atomic mass is 19.1. The third-order valence-electron chi connectivity index (χ3n) is 3.05. The van der Waals surface area contributed by atoms with Crippen molar-refractivity contribution in [3.8, 4) is 0 Å². The van der Waals surface area contributed by atoms with Crippen LogP contribution in [0.2, 0.25) is 0 Å². The summed E-state index contributed by atoms with van der Waals surface area (Å²) in [6.45, 7) is 10.8. The number of aliphatic hydroxyl groups is 1. The van der Waals surface area contributed by atoms with Gasteiger partial charge in [-0.2, -0.15) is 0 Å². The highest BCUT2D eigenvalue weighted by Crippen LogP contribution is 2.16. The lowest BCUT2D eigenvalue weighted by atomic mass is 10.0. The van der Waals surface area contributed by atoms with Crippen LogP contribution >= 0.6 is 0 Å². The van der Waals surface area contributed by atoms with Gasteiger partial charge in [-0.05, 0) is 66.0 Å². The van der Waals surface area contributed by atoms with Crippen LogP contribution in [0.5, 0.6) is 0 Å². The molecule has 0 saturated heterocycles. The van der Waals surface area contributed by atoms with Crippen molar-refractivity contribution in [1.82, 2.24) is 5.32 Å². The minimum atomic E-state index is -0.526. The molecule has 0 aliphatic carbocycles. The summed E-state index contributed by atoms with van der Waals surface area (Å²) in [5.74, 6) is -0.290. The first-order chi connectivity index (χ1) is 11.0. The van der Waals surface area contributed by atoms with Gasteiger partial charge in [0.25, 0.3) is 0 Å². The van der Waals surface area contributed by atoms with Crippen molar-refractivity contribution < 1.29 is 23.8 Å². The Balaban J connectivity index is 4.50. The lowest BCUT2D eigenvalue weighted by molar-refractivity contribution is -0.00593. The minimum Gasteiger partial charge on any atom is -0.444 e. The number of amides is 1. The molecule has 2 atom stereocenters. The van der Waals surface area contributed by atoms with Crippen molar-refractivity contribution in [3.63, 3.8) is 0 Å². The van der Waals surface area contributed by atoms with Crippen LogP contribution in [0.1, 0.15) is 54.4 Å². The predicted molar refractivity (Wildman–Crippen MR) is 93.5 cm³/mol. The van der Waals surface area contributed by atoms with E-state index in [2.05, 4.69) is 5.32 Å². The van der Waals surface area contributed by atoms with Crippen LogP contribution in [0.3, 0.4) is 0 Å². The predicted octanol–water partition coefficient (Wildman–Crippen LogP) is 3.88. The van der Waals surface area contributed by atoms with E-state index in [9.17, 15) is 9.18 Å². The normalized spacial score (nSPS) is 15.8. The van der Waals surface area contributed by atoms with Crippen LogP contribution in [0.4, 0.5) is 9.18 Å². The van der Waals surface area contributed by atoms with E-state index >= 15 is 0 Å². The Bertz CT molecular complexity index is 437. The number of rotatable bonds is 9. The van der Waals surface area contributed by atoms with Crippen LogP contribution in [0.25, 0.3) is 0 Å². The fraction of sp³-hybridized carbons (Fsp3) is 0.722.